The van der Waals surface area contributed by atoms with E-state index in [2.05, 4.69) is 26.6 Å². The molecule has 0 saturated carbocycles. The summed E-state index contributed by atoms with van der Waals surface area (Å²) in [6.07, 6.45) is 49.9. The highest BCUT2D eigenvalue weighted by Gasteiger charge is 2.12. The molecule has 0 aliphatic heterocycles. The van der Waals surface area contributed by atoms with Gasteiger partial charge in [0.05, 0.1) is 0 Å². The molecular weight excluding hydrogens is 513 g/mol. The summed E-state index contributed by atoms with van der Waals surface area (Å²) in [6, 6.07) is 0. The average molecular weight is 595 g/mol. The van der Waals surface area contributed by atoms with Crippen molar-refractivity contribution in [2.45, 2.75) is 245 Å². The van der Waals surface area contributed by atoms with Crippen molar-refractivity contribution in [3.8, 4) is 0 Å². The van der Waals surface area contributed by atoms with Gasteiger partial charge in [-0.05, 0) is 26.1 Å². The van der Waals surface area contributed by atoms with E-state index in [-0.39, 0.29) is 0 Å². The Morgan fingerprint density at radius 1 is 0.268 bits per heavy atom. The zero-order valence-corrected chi connectivity index (χ0v) is 30.7. The van der Waals surface area contributed by atoms with E-state index in [0.717, 1.165) is 6.61 Å². The third-order valence-electron chi connectivity index (χ3n) is 9.03. The first-order valence-electron chi connectivity index (χ1n) is 19.7. The molecular formula is C39H82OSi. The van der Waals surface area contributed by atoms with Gasteiger partial charge >= 0.3 is 0 Å². The van der Waals surface area contributed by atoms with Crippen LogP contribution in [0.1, 0.15) is 225 Å². The Kier molecular flexibility index (Phi) is 34.8. The van der Waals surface area contributed by atoms with Crippen LogP contribution < -0.4 is 0 Å². The van der Waals surface area contributed by atoms with Crippen molar-refractivity contribution in [2.75, 3.05) is 6.61 Å². The van der Waals surface area contributed by atoms with Crippen LogP contribution in [0.5, 0.6) is 0 Å². The molecule has 0 atom stereocenters. The molecule has 0 heterocycles. The molecule has 0 aliphatic rings. The lowest BCUT2D eigenvalue weighted by molar-refractivity contribution is 0.298. The Labute approximate surface area is 263 Å². The number of hydrogen-bond acceptors (Lipinski definition) is 1. The molecule has 0 N–H and O–H groups in total. The lowest BCUT2D eigenvalue weighted by atomic mass is 10.0. The molecule has 0 rings (SSSR count). The minimum absolute atomic E-state index is 0.995. The van der Waals surface area contributed by atoms with Crippen molar-refractivity contribution in [1.29, 1.82) is 0 Å². The number of rotatable bonds is 36. The van der Waals surface area contributed by atoms with Crippen LogP contribution in [-0.2, 0) is 4.43 Å². The van der Waals surface area contributed by atoms with Gasteiger partial charge in [-0.25, -0.2) is 0 Å². The molecule has 0 radical (unpaired) electrons. The molecule has 0 aromatic rings. The van der Waals surface area contributed by atoms with Crippen molar-refractivity contribution >= 4 is 8.32 Å². The van der Waals surface area contributed by atoms with E-state index in [1.165, 1.54) is 218 Å². The fraction of sp³-hybridized carbons (Fsp3) is 1.00. The first-order chi connectivity index (χ1) is 20.1. The Morgan fingerprint density at radius 2 is 0.439 bits per heavy atom. The van der Waals surface area contributed by atoms with E-state index in [9.17, 15) is 0 Å². The molecule has 0 aromatic heterocycles. The zero-order valence-electron chi connectivity index (χ0n) is 29.7. The predicted molar refractivity (Wildman–Crippen MR) is 192 cm³/mol. The van der Waals surface area contributed by atoms with Crippen LogP contribution in [0.15, 0.2) is 0 Å². The first kappa shape index (κ1) is 41.2. The van der Waals surface area contributed by atoms with Gasteiger partial charge < -0.3 is 4.43 Å². The van der Waals surface area contributed by atoms with E-state index in [1.54, 1.807) is 0 Å². The zero-order chi connectivity index (χ0) is 30.0. The monoisotopic (exact) mass is 595 g/mol. The summed E-state index contributed by atoms with van der Waals surface area (Å²) in [6.45, 7) is 10.2. The molecule has 0 aromatic carbocycles. The fourth-order valence-electron chi connectivity index (χ4n) is 6.21. The standard InChI is InChI=1S/C39H82OSi/c1-5-6-7-8-9-10-11-12-13-14-15-16-17-18-19-20-21-22-23-24-25-26-27-28-29-30-31-32-33-34-35-36-37-38-39-40-41(2,3)4/h5-39H2,1-4H3. The Balaban J connectivity index is 3.04. The van der Waals surface area contributed by atoms with Gasteiger partial charge in [0.25, 0.3) is 0 Å². The van der Waals surface area contributed by atoms with E-state index in [4.69, 9.17) is 4.43 Å². The van der Waals surface area contributed by atoms with Gasteiger partial charge in [-0.1, -0.05) is 219 Å². The molecule has 0 spiro atoms. The molecule has 248 valence electrons. The van der Waals surface area contributed by atoms with Crippen molar-refractivity contribution in [1.82, 2.24) is 0 Å². The second-order valence-electron chi connectivity index (χ2n) is 14.6. The van der Waals surface area contributed by atoms with Gasteiger partial charge in [0.1, 0.15) is 0 Å². The van der Waals surface area contributed by atoms with E-state index < -0.39 is 8.32 Å². The van der Waals surface area contributed by atoms with Gasteiger partial charge in [0, 0.05) is 6.61 Å². The maximum absolute atomic E-state index is 5.94. The average Bonchev–Trinajstić information content (AvgIpc) is 2.94. The predicted octanol–water partition coefficient (Wildman–Crippen LogP) is 15.1. The van der Waals surface area contributed by atoms with E-state index in [0.29, 0.717) is 0 Å². The lowest BCUT2D eigenvalue weighted by Crippen LogP contribution is -2.25. The van der Waals surface area contributed by atoms with Crippen LogP contribution in [0.3, 0.4) is 0 Å². The Bertz CT molecular complexity index is 457. The third kappa shape index (κ3) is 40.2. The summed E-state index contributed by atoms with van der Waals surface area (Å²) in [5.74, 6) is 0. The van der Waals surface area contributed by atoms with Crippen LogP contribution in [0.2, 0.25) is 19.6 Å². The van der Waals surface area contributed by atoms with Crippen molar-refractivity contribution in [3.63, 3.8) is 0 Å². The minimum Gasteiger partial charge on any atom is -0.418 e. The first-order valence-corrected chi connectivity index (χ1v) is 23.1. The normalized spacial score (nSPS) is 12.0. The van der Waals surface area contributed by atoms with E-state index >= 15 is 0 Å². The molecule has 41 heavy (non-hydrogen) atoms. The minimum atomic E-state index is -1.28. The second-order valence-corrected chi connectivity index (χ2v) is 19.1. The molecule has 1 nitrogen and oxygen atoms in total. The SMILES string of the molecule is CCCCCCCCCCCCCCCCCCCCCCCCCCCCCCCCCCCCO[Si](C)(C)C. The molecule has 2 heteroatoms. The van der Waals surface area contributed by atoms with Crippen LogP contribution in [0.25, 0.3) is 0 Å². The Morgan fingerprint density at radius 3 is 0.610 bits per heavy atom. The number of unbranched alkanes of at least 4 members (excludes halogenated alkanes) is 33. The lowest BCUT2D eigenvalue weighted by Gasteiger charge is -2.16. The molecule has 0 fully saturated rings. The van der Waals surface area contributed by atoms with Crippen LogP contribution in [0.4, 0.5) is 0 Å². The summed E-state index contributed by atoms with van der Waals surface area (Å²) in [7, 11) is -1.28. The highest BCUT2D eigenvalue weighted by Crippen LogP contribution is 2.17. The van der Waals surface area contributed by atoms with Crippen LogP contribution in [0, 0.1) is 0 Å². The molecule has 0 unspecified atom stereocenters. The molecule has 0 aliphatic carbocycles. The quantitative estimate of drug-likeness (QED) is 0.0518. The Hall–Kier alpha value is 0.177. The highest BCUT2D eigenvalue weighted by molar-refractivity contribution is 6.69. The van der Waals surface area contributed by atoms with Gasteiger partial charge in [-0.15, -0.1) is 0 Å². The molecule has 0 saturated heterocycles. The van der Waals surface area contributed by atoms with Crippen LogP contribution in [-0.4, -0.2) is 14.9 Å². The smallest absolute Gasteiger partial charge is 0.183 e. The van der Waals surface area contributed by atoms with Gasteiger partial charge in [-0.2, -0.15) is 0 Å². The van der Waals surface area contributed by atoms with Crippen molar-refractivity contribution in [3.05, 3.63) is 0 Å². The van der Waals surface area contributed by atoms with Crippen molar-refractivity contribution in [2.24, 2.45) is 0 Å². The summed E-state index contributed by atoms with van der Waals surface area (Å²) in [5, 5.41) is 0. The van der Waals surface area contributed by atoms with Gasteiger partial charge in [0.2, 0.25) is 0 Å². The fourth-order valence-corrected chi connectivity index (χ4v) is 6.97. The van der Waals surface area contributed by atoms with Crippen molar-refractivity contribution < 1.29 is 4.43 Å². The maximum atomic E-state index is 5.94. The summed E-state index contributed by atoms with van der Waals surface area (Å²) >= 11 is 0. The third-order valence-corrected chi connectivity index (χ3v) is 10.1. The maximum Gasteiger partial charge on any atom is 0.183 e. The summed E-state index contributed by atoms with van der Waals surface area (Å²) < 4.78 is 5.94. The highest BCUT2D eigenvalue weighted by atomic mass is 28.4. The van der Waals surface area contributed by atoms with E-state index in [1.807, 2.05) is 0 Å². The summed E-state index contributed by atoms with van der Waals surface area (Å²) in [5.41, 5.74) is 0. The molecule has 0 amide bonds. The van der Waals surface area contributed by atoms with Gasteiger partial charge in [-0.3, -0.25) is 0 Å². The number of hydrogen-bond donors (Lipinski definition) is 0. The molecule has 0 bridgehead atoms. The second kappa shape index (κ2) is 34.7. The largest absolute Gasteiger partial charge is 0.418 e. The summed E-state index contributed by atoms with van der Waals surface area (Å²) in [4.78, 5) is 0. The van der Waals surface area contributed by atoms with Crippen LogP contribution >= 0.6 is 0 Å². The topological polar surface area (TPSA) is 9.23 Å². The van der Waals surface area contributed by atoms with Gasteiger partial charge in [0.15, 0.2) is 8.32 Å².